The van der Waals surface area contributed by atoms with E-state index >= 15 is 0 Å². The number of benzene rings is 2. The normalized spacial score (nSPS) is 18.4. The Morgan fingerprint density at radius 2 is 2.00 bits per heavy atom. The van der Waals surface area contributed by atoms with Crippen molar-refractivity contribution in [2.75, 3.05) is 13.7 Å². The van der Waals surface area contributed by atoms with Crippen LogP contribution >= 0.6 is 24.8 Å². The van der Waals surface area contributed by atoms with Gasteiger partial charge in [0.05, 0.1) is 12.8 Å². The summed E-state index contributed by atoms with van der Waals surface area (Å²) < 4.78 is 7.20. The zero-order chi connectivity index (χ0) is 18.5. The lowest BCUT2D eigenvalue weighted by molar-refractivity contribution is 0.303. The van der Waals surface area contributed by atoms with Gasteiger partial charge in [0.2, 0.25) is 0 Å². The molecule has 0 spiro atoms. The average Bonchev–Trinajstić information content (AvgIpc) is 3.28. The van der Waals surface area contributed by atoms with E-state index in [-0.39, 0.29) is 24.8 Å². The predicted molar refractivity (Wildman–Crippen MR) is 117 cm³/mol. The smallest absolute Gasteiger partial charge is 0.143 e. The molecule has 2 heterocycles. The van der Waals surface area contributed by atoms with Gasteiger partial charge in [-0.05, 0) is 53.6 Å². The molecule has 7 nitrogen and oxygen atoms in total. The molecule has 1 aliphatic rings. The SMILES string of the molecule is COc1ccc(-n2cnnn2)cc1CN[C@H]1CCCN[C@H]1c1ccccc1.Cl.Cl. The van der Waals surface area contributed by atoms with Crippen molar-refractivity contribution in [3.8, 4) is 11.4 Å². The molecule has 0 aliphatic carbocycles. The molecule has 1 aliphatic heterocycles. The fourth-order valence-electron chi connectivity index (χ4n) is 3.69. The molecule has 9 heteroatoms. The number of ether oxygens (including phenoxy) is 1. The second kappa shape index (κ2) is 11.1. The fourth-order valence-corrected chi connectivity index (χ4v) is 3.69. The number of nitrogens with zero attached hydrogens (tertiary/aromatic N) is 4. The van der Waals surface area contributed by atoms with Crippen molar-refractivity contribution in [3.05, 3.63) is 66.0 Å². The van der Waals surface area contributed by atoms with E-state index in [2.05, 4.69) is 62.6 Å². The fraction of sp³-hybridized carbons (Fsp3) is 0.350. The van der Waals surface area contributed by atoms with E-state index in [1.807, 2.05) is 12.1 Å². The van der Waals surface area contributed by atoms with Gasteiger partial charge in [-0.15, -0.1) is 29.9 Å². The van der Waals surface area contributed by atoms with Crippen molar-refractivity contribution >= 4 is 24.8 Å². The molecular weight excluding hydrogens is 411 g/mol. The summed E-state index contributed by atoms with van der Waals surface area (Å²) in [7, 11) is 1.70. The summed E-state index contributed by atoms with van der Waals surface area (Å²) in [6, 6.07) is 17.3. The molecule has 2 atom stereocenters. The van der Waals surface area contributed by atoms with Gasteiger partial charge < -0.3 is 15.4 Å². The average molecular weight is 437 g/mol. The van der Waals surface area contributed by atoms with Crippen LogP contribution in [-0.4, -0.2) is 39.9 Å². The Morgan fingerprint density at radius 1 is 1.17 bits per heavy atom. The van der Waals surface area contributed by atoms with Crippen LogP contribution in [0.25, 0.3) is 5.69 Å². The first-order valence-electron chi connectivity index (χ1n) is 9.27. The van der Waals surface area contributed by atoms with E-state index in [9.17, 15) is 0 Å². The molecular formula is C20H26Cl2N6O. The van der Waals surface area contributed by atoms with E-state index in [0.717, 1.165) is 36.5 Å². The summed E-state index contributed by atoms with van der Waals surface area (Å²) in [4.78, 5) is 0. The third-order valence-corrected chi connectivity index (χ3v) is 5.05. The van der Waals surface area contributed by atoms with Crippen molar-refractivity contribution in [2.45, 2.75) is 31.5 Å². The van der Waals surface area contributed by atoms with Crippen molar-refractivity contribution in [1.29, 1.82) is 0 Å². The number of hydrogen-bond acceptors (Lipinski definition) is 6. The summed E-state index contributed by atoms with van der Waals surface area (Å²) >= 11 is 0. The van der Waals surface area contributed by atoms with Crippen LogP contribution in [0.3, 0.4) is 0 Å². The number of piperidine rings is 1. The van der Waals surface area contributed by atoms with Gasteiger partial charge in [0.15, 0.2) is 0 Å². The third kappa shape index (κ3) is 5.45. The van der Waals surface area contributed by atoms with Crippen LogP contribution in [0.4, 0.5) is 0 Å². The molecule has 0 amide bonds. The minimum absolute atomic E-state index is 0. The predicted octanol–water partition coefficient (Wildman–Crippen LogP) is 3.10. The summed E-state index contributed by atoms with van der Waals surface area (Å²) in [5.74, 6) is 0.861. The first-order valence-corrected chi connectivity index (χ1v) is 9.27. The van der Waals surface area contributed by atoms with Gasteiger partial charge in [-0.25, -0.2) is 4.68 Å². The summed E-state index contributed by atoms with van der Waals surface area (Å²) in [5, 5.41) is 18.8. The molecule has 1 aromatic heterocycles. The van der Waals surface area contributed by atoms with Crippen LogP contribution < -0.4 is 15.4 Å². The lowest BCUT2D eigenvalue weighted by Crippen LogP contribution is -2.45. The Morgan fingerprint density at radius 3 is 2.72 bits per heavy atom. The van der Waals surface area contributed by atoms with Crippen LogP contribution in [0, 0.1) is 0 Å². The van der Waals surface area contributed by atoms with Gasteiger partial charge in [0.1, 0.15) is 12.1 Å². The van der Waals surface area contributed by atoms with Gasteiger partial charge in [-0.3, -0.25) is 0 Å². The summed E-state index contributed by atoms with van der Waals surface area (Å²) in [6.07, 6.45) is 3.90. The van der Waals surface area contributed by atoms with Gasteiger partial charge in [-0.1, -0.05) is 30.3 Å². The minimum atomic E-state index is 0. The molecule has 2 N–H and O–H groups in total. The molecule has 1 fully saturated rings. The Balaban J connectivity index is 0.00000150. The summed E-state index contributed by atoms with van der Waals surface area (Å²) in [5.41, 5.74) is 3.32. The van der Waals surface area contributed by atoms with Crippen molar-refractivity contribution < 1.29 is 4.74 Å². The molecule has 3 aromatic rings. The number of halogens is 2. The molecule has 0 bridgehead atoms. The highest BCUT2D eigenvalue weighted by molar-refractivity contribution is 5.85. The number of aromatic nitrogens is 4. The number of rotatable bonds is 6. The molecule has 156 valence electrons. The Kier molecular flexibility index (Phi) is 8.85. The highest BCUT2D eigenvalue weighted by atomic mass is 35.5. The number of hydrogen-bond donors (Lipinski definition) is 2. The maximum Gasteiger partial charge on any atom is 0.143 e. The van der Waals surface area contributed by atoms with Crippen LogP contribution in [0.1, 0.15) is 30.0 Å². The standard InChI is InChI=1S/C20H24N6O.2ClH/c1-27-19-10-9-17(26-14-23-24-25-26)12-16(19)13-22-18-8-5-11-21-20(18)15-6-3-2-4-7-15;;/h2-4,6-7,9-10,12,14,18,20-22H,5,8,11,13H2,1H3;2*1H/t18-,20-;;/m0../s1. The van der Waals surface area contributed by atoms with Crippen LogP contribution in [-0.2, 0) is 6.54 Å². The van der Waals surface area contributed by atoms with E-state index in [4.69, 9.17) is 4.74 Å². The molecule has 29 heavy (non-hydrogen) atoms. The molecule has 1 saturated heterocycles. The van der Waals surface area contributed by atoms with Crippen molar-refractivity contribution in [1.82, 2.24) is 30.8 Å². The largest absolute Gasteiger partial charge is 0.496 e. The van der Waals surface area contributed by atoms with Crippen molar-refractivity contribution in [3.63, 3.8) is 0 Å². The van der Waals surface area contributed by atoms with E-state index in [1.165, 1.54) is 12.0 Å². The lowest BCUT2D eigenvalue weighted by Gasteiger charge is -2.34. The second-order valence-electron chi connectivity index (χ2n) is 6.72. The van der Waals surface area contributed by atoms with E-state index in [0.29, 0.717) is 12.1 Å². The quantitative estimate of drug-likeness (QED) is 0.617. The first-order chi connectivity index (χ1) is 13.3. The van der Waals surface area contributed by atoms with Crippen molar-refractivity contribution in [2.24, 2.45) is 0 Å². The van der Waals surface area contributed by atoms with Crippen LogP contribution in [0.5, 0.6) is 5.75 Å². The zero-order valence-corrected chi connectivity index (χ0v) is 17.8. The second-order valence-corrected chi connectivity index (χ2v) is 6.72. The van der Waals surface area contributed by atoms with Crippen LogP contribution in [0.15, 0.2) is 54.9 Å². The van der Waals surface area contributed by atoms with E-state index in [1.54, 1.807) is 18.1 Å². The Labute approximate surface area is 183 Å². The summed E-state index contributed by atoms with van der Waals surface area (Å²) in [6.45, 7) is 1.77. The first kappa shape index (κ1) is 23.1. The Bertz CT molecular complexity index is 863. The maximum atomic E-state index is 5.55. The number of methoxy groups -OCH3 is 1. The van der Waals surface area contributed by atoms with Gasteiger partial charge in [-0.2, -0.15) is 0 Å². The number of tetrazole rings is 1. The van der Waals surface area contributed by atoms with Gasteiger partial charge in [0.25, 0.3) is 0 Å². The molecule has 2 aromatic carbocycles. The topological polar surface area (TPSA) is 76.9 Å². The van der Waals surface area contributed by atoms with Gasteiger partial charge in [0, 0.05) is 24.2 Å². The minimum Gasteiger partial charge on any atom is -0.496 e. The molecule has 0 saturated carbocycles. The van der Waals surface area contributed by atoms with Gasteiger partial charge >= 0.3 is 0 Å². The third-order valence-electron chi connectivity index (χ3n) is 5.05. The molecule has 0 unspecified atom stereocenters. The highest BCUT2D eigenvalue weighted by Crippen LogP contribution is 2.26. The monoisotopic (exact) mass is 436 g/mol. The number of nitrogens with one attached hydrogen (secondary N) is 2. The highest BCUT2D eigenvalue weighted by Gasteiger charge is 2.25. The van der Waals surface area contributed by atoms with E-state index < -0.39 is 0 Å². The zero-order valence-electron chi connectivity index (χ0n) is 16.2. The lowest BCUT2D eigenvalue weighted by atomic mass is 9.92. The Hall–Kier alpha value is -2.19. The molecule has 0 radical (unpaired) electrons. The maximum absolute atomic E-state index is 5.55. The molecule has 4 rings (SSSR count). The van der Waals surface area contributed by atoms with Crippen LogP contribution in [0.2, 0.25) is 0 Å².